The van der Waals surface area contributed by atoms with E-state index in [1.54, 1.807) is 13.3 Å². The molecule has 0 aliphatic carbocycles. The van der Waals surface area contributed by atoms with E-state index in [9.17, 15) is 4.79 Å². The normalized spacial score (nSPS) is 12.2. The van der Waals surface area contributed by atoms with Crippen LogP contribution >= 0.6 is 11.8 Å². The molecule has 0 spiro atoms. The van der Waals surface area contributed by atoms with E-state index < -0.39 is 0 Å². The molecule has 0 radical (unpaired) electrons. The zero-order chi connectivity index (χ0) is 14.5. The first kappa shape index (κ1) is 14.5. The van der Waals surface area contributed by atoms with Crippen LogP contribution in [0, 0.1) is 5.92 Å². The summed E-state index contributed by atoms with van der Waals surface area (Å²) in [6.07, 6.45) is 1.66. The van der Waals surface area contributed by atoms with Gasteiger partial charge >= 0.3 is 0 Å². The summed E-state index contributed by atoms with van der Waals surface area (Å²) >= 11 is 1.52. The average molecular weight is 291 g/mol. The Bertz CT molecular complexity index is 581. The minimum absolute atomic E-state index is 0.0683. The number of nitrogens with one attached hydrogen (secondary N) is 1. The molecule has 1 aromatic carbocycles. The number of aromatic nitrogens is 3. The Morgan fingerprint density at radius 1 is 1.45 bits per heavy atom. The number of hydrogen-bond acceptors (Lipinski definition) is 5. The third kappa shape index (κ3) is 3.58. The van der Waals surface area contributed by atoms with Gasteiger partial charge in [-0.1, -0.05) is 6.92 Å². The van der Waals surface area contributed by atoms with Gasteiger partial charge in [-0.05, 0) is 36.0 Å². The molecule has 0 saturated heterocycles. The summed E-state index contributed by atoms with van der Waals surface area (Å²) in [5.41, 5.74) is 6.22. The Balaban J connectivity index is 2.00. The number of carbonyl (C=O) groups is 1. The van der Waals surface area contributed by atoms with Gasteiger partial charge < -0.3 is 15.6 Å². The molecular formula is C13H17N5OS. The van der Waals surface area contributed by atoms with Crippen LogP contribution in [0.25, 0.3) is 0 Å². The number of amides is 1. The van der Waals surface area contributed by atoms with Gasteiger partial charge in [0.15, 0.2) is 5.16 Å². The highest BCUT2D eigenvalue weighted by Crippen LogP contribution is 2.26. The van der Waals surface area contributed by atoms with Crippen molar-refractivity contribution >= 4 is 23.4 Å². The summed E-state index contributed by atoms with van der Waals surface area (Å²) in [7, 11) is 1.89. The number of nitrogens with two attached hydrogens (primary N) is 1. The molecule has 2 rings (SSSR count). The summed E-state index contributed by atoms with van der Waals surface area (Å²) in [6, 6.07) is 7.59. The Morgan fingerprint density at radius 3 is 2.70 bits per heavy atom. The predicted octanol–water partition coefficient (Wildman–Crippen LogP) is 1.50. The van der Waals surface area contributed by atoms with Crippen LogP contribution in [0.1, 0.15) is 6.92 Å². The minimum atomic E-state index is -0.192. The van der Waals surface area contributed by atoms with E-state index in [4.69, 9.17) is 5.73 Å². The Labute approximate surface area is 121 Å². The van der Waals surface area contributed by atoms with Crippen LogP contribution in [0.4, 0.5) is 5.69 Å². The lowest BCUT2D eigenvalue weighted by Gasteiger charge is -2.10. The van der Waals surface area contributed by atoms with Gasteiger partial charge in [0.1, 0.15) is 6.33 Å². The van der Waals surface area contributed by atoms with Crippen LogP contribution in [0.5, 0.6) is 0 Å². The van der Waals surface area contributed by atoms with Crippen LogP contribution in [0.2, 0.25) is 0 Å². The molecule has 1 amide bonds. The predicted molar refractivity (Wildman–Crippen MR) is 78.4 cm³/mol. The summed E-state index contributed by atoms with van der Waals surface area (Å²) < 4.78 is 1.85. The fourth-order valence-corrected chi connectivity index (χ4v) is 2.21. The van der Waals surface area contributed by atoms with Crippen molar-refractivity contribution in [1.82, 2.24) is 14.8 Å². The van der Waals surface area contributed by atoms with Gasteiger partial charge in [-0.3, -0.25) is 4.79 Å². The van der Waals surface area contributed by atoms with E-state index in [1.165, 1.54) is 11.8 Å². The highest BCUT2D eigenvalue weighted by molar-refractivity contribution is 7.99. The van der Waals surface area contributed by atoms with Crippen molar-refractivity contribution in [2.24, 2.45) is 18.7 Å². The quantitative estimate of drug-likeness (QED) is 0.872. The number of nitrogens with zero attached hydrogens (tertiary/aromatic N) is 3. The van der Waals surface area contributed by atoms with Gasteiger partial charge in [-0.25, -0.2) is 0 Å². The molecule has 1 aromatic heterocycles. The molecule has 1 atom stereocenters. The third-order valence-corrected chi connectivity index (χ3v) is 3.86. The first-order valence-electron chi connectivity index (χ1n) is 6.23. The van der Waals surface area contributed by atoms with Crippen molar-refractivity contribution in [3.63, 3.8) is 0 Å². The van der Waals surface area contributed by atoms with Crippen molar-refractivity contribution in [3.8, 4) is 0 Å². The minimum Gasteiger partial charge on any atom is -0.330 e. The second-order valence-corrected chi connectivity index (χ2v) is 5.52. The summed E-state index contributed by atoms with van der Waals surface area (Å²) in [4.78, 5) is 12.7. The van der Waals surface area contributed by atoms with Gasteiger partial charge in [0.05, 0.1) is 0 Å². The molecule has 0 aliphatic rings. The molecule has 0 fully saturated rings. The topological polar surface area (TPSA) is 85.8 Å². The largest absolute Gasteiger partial charge is 0.330 e. The number of benzene rings is 1. The molecule has 1 unspecified atom stereocenters. The second kappa shape index (κ2) is 6.53. The molecule has 2 aromatic rings. The lowest BCUT2D eigenvalue weighted by Crippen LogP contribution is -2.26. The van der Waals surface area contributed by atoms with E-state index in [-0.39, 0.29) is 11.8 Å². The summed E-state index contributed by atoms with van der Waals surface area (Å²) in [6.45, 7) is 2.14. The number of rotatable bonds is 5. The third-order valence-electron chi connectivity index (χ3n) is 2.80. The molecular weight excluding hydrogens is 274 g/mol. The van der Waals surface area contributed by atoms with Gasteiger partial charge in [0, 0.05) is 30.1 Å². The van der Waals surface area contributed by atoms with Gasteiger partial charge in [0.2, 0.25) is 5.91 Å². The fourth-order valence-electron chi connectivity index (χ4n) is 1.45. The molecule has 0 saturated carbocycles. The Hall–Kier alpha value is -1.86. The zero-order valence-corrected chi connectivity index (χ0v) is 12.2. The van der Waals surface area contributed by atoms with E-state index in [2.05, 4.69) is 15.5 Å². The molecule has 106 valence electrons. The first-order chi connectivity index (χ1) is 9.60. The highest BCUT2D eigenvalue weighted by Gasteiger charge is 2.10. The van der Waals surface area contributed by atoms with E-state index in [0.717, 1.165) is 15.7 Å². The highest BCUT2D eigenvalue weighted by atomic mass is 32.2. The van der Waals surface area contributed by atoms with Crippen molar-refractivity contribution in [3.05, 3.63) is 30.6 Å². The molecule has 0 aliphatic heterocycles. The molecule has 7 heteroatoms. The fraction of sp³-hybridized carbons (Fsp3) is 0.308. The molecule has 6 nitrogen and oxygen atoms in total. The number of aryl methyl sites for hydroxylation is 1. The standard InChI is InChI=1S/C13H17N5OS/c1-9(7-14)12(19)16-10-3-5-11(6-4-10)20-13-17-15-8-18(13)2/h3-6,8-9H,7,14H2,1-2H3,(H,16,19). The van der Waals surface area contributed by atoms with Crippen molar-refractivity contribution < 1.29 is 4.79 Å². The smallest absolute Gasteiger partial charge is 0.228 e. The lowest BCUT2D eigenvalue weighted by atomic mass is 10.1. The van der Waals surface area contributed by atoms with E-state index >= 15 is 0 Å². The Morgan fingerprint density at radius 2 is 2.15 bits per heavy atom. The maximum atomic E-state index is 11.7. The lowest BCUT2D eigenvalue weighted by molar-refractivity contribution is -0.119. The van der Waals surface area contributed by atoms with Gasteiger partial charge in [0.25, 0.3) is 0 Å². The molecule has 20 heavy (non-hydrogen) atoms. The van der Waals surface area contributed by atoms with Crippen molar-refractivity contribution in [2.45, 2.75) is 17.0 Å². The SMILES string of the molecule is CC(CN)C(=O)Nc1ccc(Sc2nncn2C)cc1. The van der Waals surface area contributed by atoms with Crippen LogP contribution in [-0.2, 0) is 11.8 Å². The van der Waals surface area contributed by atoms with Crippen molar-refractivity contribution in [1.29, 1.82) is 0 Å². The summed E-state index contributed by atoms with van der Waals surface area (Å²) in [5.74, 6) is -0.260. The van der Waals surface area contributed by atoms with Crippen LogP contribution in [0.15, 0.2) is 40.6 Å². The Kier molecular flexibility index (Phi) is 4.75. The van der Waals surface area contributed by atoms with Crippen LogP contribution < -0.4 is 11.1 Å². The molecule has 3 N–H and O–H groups in total. The number of carbonyl (C=O) groups excluding carboxylic acids is 1. The average Bonchev–Trinajstić information content (AvgIpc) is 2.85. The van der Waals surface area contributed by atoms with Gasteiger partial charge in [-0.15, -0.1) is 10.2 Å². The number of anilines is 1. The first-order valence-corrected chi connectivity index (χ1v) is 7.04. The van der Waals surface area contributed by atoms with Crippen molar-refractivity contribution in [2.75, 3.05) is 11.9 Å². The second-order valence-electron chi connectivity index (χ2n) is 4.48. The zero-order valence-electron chi connectivity index (χ0n) is 11.4. The summed E-state index contributed by atoms with van der Waals surface area (Å²) in [5, 5.41) is 11.5. The van der Waals surface area contributed by atoms with Gasteiger partial charge in [-0.2, -0.15) is 0 Å². The molecule has 0 bridgehead atoms. The van der Waals surface area contributed by atoms with Crippen LogP contribution in [0.3, 0.4) is 0 Å². The maximum absolute atomic E-state index is 11.7. The molecule has 1 heterocycles. The van der Waals surface area contributed by atoms with E-state index in [1.807, 2.05) is 35.9 Å². The van der Waals surface area contributed by atoms with Crippen LogP contribution in [-0.4, -0.2) is 27.2 Å². The number of hydrogen-bond donors (Lipinski definition) is 2. The maximum Gasteiger partial charge on any atom is 0.228 e. The van der Waals surface area contributed by atoms with E-state index in [0.29, 0.717) is 6.54 Å². The monoisotopic (exact) mass is 291 g/mol.